The lowest BCUT2D eigenvalue weighted by Gasteiger charge is -2.36. The number of nitrogens with one attached hydrogen (secondary N) is 1. The molecule has 0 aromatic heterocycles. The van der Waals surface area contributed by atoms with E-state index in [1.807, 2.05) is 6.07 Å². The molecule has 0 radical (unpaired) electrons. The van der Waals surface area contributed by atoms with Crippen molar-refractivity contribution in [3.8, 4) is 0 Å². The van der Waals surface area contributed by atoms with Gasteiger partial charge in [-0.15, -0.1) is 0 Å². The van der Waals surface area contributed by atoms with Crippen molar-refractivity contribution in [1.29, 1.82) is 0 Å². The molecule has 7 nitrogen and oxygen atoms in total. The summed E-state index contributed by atoms with van der Waals surface area (Å²) in [5.41, 5.74) is 1.53. The van der Waals surface area contributed by atoms with Crippen molar-refractivity contribution in [2.45, 2.75) is 6.92 Å². The summed E-state index contributed by atoms with van der Waals surface area (Å²) in [5, 5.41) is 14.5. The highest BCUT2D eigenvalue weighted by atomic mass is 79.9. The van der Waals surface area contributed by atoms with Crippen molar-refractivity contribution in [3.63, 3.8) is 0 Å². The summed E-state index contributed by atoms with van der Waals surface area (Å²) >= 11 is 9.27. The predicted octanol–water partition coefficient (Wildman–Crippen LogP) is 4.40. The molecule has 148 valence electrons. The van der Waals surface area contributed by atoms with Crippen LogP contribution in [0.3, 0.4) is 0 Å². The van der Waals surface area contributed by atoms with E-state index in [-0.39, 0.29) is 11.3 Å². The van der Waals surface area contributed by atoms with Crippen LogP contribution in [0, 0.1) is 10.1 Å². The van der Waals surface area contributed by atoms with Crippen LogP contribution >= 0.6 is 27.5 Å². The van der Waals surface area contributed by atoms with E-state index in [2.05, 4.69) is 38.0 Å². The van der Waals surface area contributed by atoms with Crippen molar-refractivity contribution in [2.75, 3.05) is 42.9 Å². The second-order valence-electron chi connectivity index (χ2n) is 6.46. The van der Waals surface area contributed by atoms with E-state index < -0.39 is 10.8 Å². The first kappa shape index (κ1) is 20.6. The number of nitro groups is 1. The molecular weight excluding hydrogens is 448 g/mol. The molecule has 2 aromatic rings. The van der Waals surface area contributed by atoms with Crippen molar-refractivity contribution >= 4 is 50.5 Å². The molecule has 1 aliphatic heterocycles. The van der Waals surface area contributed by atoms with Gasteiger partial charge in [-0.25, -0.2) is 0 Å². The summed E-state index contributed by atoms with van der Waals surface area (Å²) in [4.78, 5) is 27.9. The lowest BCUT2D eigenvalue weighted by Crippen LogP contribution is -2.46. The number of likely N-dealkylation sites (N-methyl/N-ethyl adjacent to an activating group) is 1. The SMILES string of the molecule is CCN1CCN(c2ccc(Cl)cc2NC(=O)c2ccc(Br)c([N+](=O)[O-])c2)CC1. The standard InChI is InChI=1S/C19H20BrClN4O3/c1-2-23-7-9-24(10-8-23)17-6-4-14(21)12-16(17)22-19(26)13-3-5-15(20)18(11-13)25(27)28/h3-6,11-12H,2,7-10H2,1H3,(H,22,26). The Morgan fingerprint density at radius 3 is 2.57 bits per heavy atom. The Labute approximate surface area is 176 Å². The number of carbonyl (C=O) groups excluding carboxylic acids is 1. The monoisotopic (exact) mass is 466 g/mol. The molecule has 0 aliphatic carbocycles. The largest absolute Gasteiger partial charge is 0.367 e. The van der Waals surface area contributed by atoms with Gasteiger partial charge in [0, 0.05) is 42.8 Å². The maximum Gasteiger partial charge on any atom is 0.284 e. The fourth-order valence-corrected chi connectivity index (χ4v) is 3.74. The quantitative estimate of drug-likeness (QED) is 0.521. The van der Waals surface area contributed by atoms with Crippen LogP contribution in [0.15, 0.2) is 40.9 Å². The molecule has 1 amide bonds. The fraction of sp³-hybridized carbons (Fsp3) is 0.316. The van der Waals surface area contributed by atoms with E-state index in [1.54, 1.807) is 12.1 Å². The number of benzene rings is 2. The average molecular weight is 468 g/mol. The third kappa shape index (κ3) is 4.63. The molecule has 9 heteroatoms. The molecule has 0 unspecified atom stereocenters. The third-order valence-corrected chi connectivity index (χ3v) is 5.68. The van der Waals surface area contributed by atoms with Gasteiger partial charge >= 0.3 is 0 Å². The van der Waals surface area contributed by atoms with Gasteiger partial charge in [-0.3, -0.25) is 14.9 Å². The Kier molecular flexibility index (Phi) is 6.53. The van der Waals surface area contributed by atoms with Gasteiger partial charge in [0.1, 0.15) is 0 Å². The van der Waals surface area contributed by atoms with Gasteiger partial charge in [0.05, 0.1) is 20.8 Å². The molecule has 0 saturated carbocycles. The van der Waals surface area contributed by atoms with Gasteiger partial charge in [-0.2, -0.15) is 0 Å². The average Bonchev–Trinajstić information content (AvgIpc) is 2.68. The second-order valence-corrected chi connectivity index (χ2v) is 7.75. The number of hydrogen-bond acceptors (Lipinski definition) is 5. The van der Waals surface area contributed by atoms with Gasteiger partial charge in [-0.1, -0.05) is 18.5 Å². The van der Waals surface area contributed by atoms with E-state index in [9.17, 15) is 14.9 Å². The van der Waals surface area contributed by atoms with Crippen molar-refractivity contribution in [3.05, 3.63) is 61.6 Å². The topological polar surface area (TPSA) is 78.7 Å². The molecule has 28 heavy (non-hydrogen) atoms. The number of rotatable bonds is 5. The number of halogens is 2. The number of piperazine rings is 1. The lowest BCUT2D eigenvalue weighted by atomic mass is 10.1. The number of anilines is 2. The highest BCUT2D eigenvalue weighted by Crippen LogP contribution is 2.31. The minimum atomic E-state index is -0.529. The number of carbonyl (C=O) groups is 1. The molecule has 1 heterocycles. The normalized spacial score (nSPS) is 14.8. The van der Waals surface area contributed by atoms with Gasteiger partial charge in [0.2, 0.25) is 0 Å². The van der Waals surface area contributed by atoms with E-state index >= 15 is 0 Å². The van der Waals surface area contributed by atoms with Gasteiger partial charge in [0.15, 0.2) is 0 Å². The highest BCUT2D eigenvalue weighted by Gasteiger charge is 2.21. The lowest BCUT2D eigenvalue weighted by molar-refractivity contribution is -0.385. The molecular formula is C19H20BrClN4O3. The summed E-state index contributed by atoms with van der Waals surface area (Å²) in [6.07, 6.45) is 0. The fourth-order valence-electron chi connectivity index (χ4n) is 3.18. The summed E-state index contributed by atoms with van der Waals surface area (Å²) in [5.74, 6) is -0.425. The van der Waals surface area contributed by atoms with E-state index in [0.29, 0.717) is 15.2 Å². The molecule has 3 rings (SSSR count). The second kappa shape index (κ2) is 8.89. The Morgan fingerprint density at radius 2 is 1.93 bits per heavy atom. The Balaban J connectivity index is 1.84. The Morgan fingerprint density at radius 1 is 1.21 bits per heavy atom. The molecule has 1 aliphatic rings. The summed E-state index contributed by atoms with van der Waals surface area (Å²) in [6, 6.07) is 9.68. The summed E-state index contributed by atoms with van der Waals surface area (Å²) in [7, 11) is 0. The summed E-state index contributed by atoms with van der Waals surface area (Å²) < 4.78 is 0.325. The first-order chi connectivity index (χ1) is 13.4. The van der Waals surface area contributed by atoms with Crippen LogP contribution in [0.5, 0.6) is 0 Å². The maximum atomic E-state index is 12.7. The van der Waals surface area contributed by atoms with E-state index in [0.717, 1.165) is 38.4 Å². The van der Waals surface area contributed by atoms with Crippen molar-refractivity contribution < 1.29 is 9.72 Å². The molecule has 0 bridgehead atoms. The molecule has 1 saturated heterocycles. The van der Waals surface area contributed by atoms with Crippen molar-refractivity contribution in [1.82, 2.24) is 4.90 Å². The number of nitrogens with zero attached hydrogens (tertiary/aromatic N) is 3. The number of hydrogen-bond donors (Lipinski definition) is 1. The van der Waals surface area contributed by atoms with Crippen LogP contribution in [0.2, 0.25) is 5.02 Å². The number of nitro benzene ring substituents is 1. The minimum Gasteiger partial charge on any atom is -0.367 e. The molecule has 1 N–H and O–H groups in total. The van der Waals surface area contributed by atoms with Crippen LogP contribution in [-0.4, -0.2) is 48.5 Å². The van der Waals surface area contributed by atoms with Gasteiger partial charge in [-0.05, 0) is 52.8 Å². The predicted molar refractivity (Wildman–Crippen MR) is 115 cm³/mol. The van der Waals surface area contributed by atoms with Crippen LogP contribution < -0.4 is 10.2 Å². The highest BCUT2D eigenvalue weighted by molar-refractivity contribution is 9.10. The molecule has 0 spiro atoms. The smallest absolute Gasteiger partial charge is 0.284 e. The van der Waals surface area contributed by atoms with E-state index in [4.69, 9.17) is 11.6 Å². The van der Waals surface area contributed by atoms with Crippen LogP contribution in [-0.2, 0) is 0 Å². The Bertz CT molecular complexity index is 901. The minimum absolute atomic E-state index is 0.158. The maximum absolute atomic E-state index is 12.7. The van der Waals surface area contributed by atoms with Crippen LogP contribution in [0.1, 0.15) is 17.3 Å². The van der Waals surface area contributed by atoms with Gasteiger partial charge < -0.3 is 15.1 Å². The Hall–Kier alpha value is -2.16. The molecule has 1 fully saturated rings. The molecule has 2 aromatic carbocycles. The zero-order valence-corrected chi connectivity index (χ0v) is 17.7. The first-order valence-corrected chi connectivity index (χ1v) is 10.1. The van der Waals surface area contributed by atoms with Gasteiger partial charge in [0.25, 0.3) is 11.6 Å². The van der Waals surface area contributed by atoms with Crippen molar-refractivity contribution in [2.24, 2.45) is 0 Å². The number of amides is 1. The summed E-state index contributed by atoms with van der Waals surface area (Å²) in [6.45, 7) is 6.75. The zero-order chi connectivity index (χ0) is 20.3. The third-order valence-electron chi connectivity index (χ3n) is 4.77. The zero-order valence-electron chi connectivity index (χ0n) is 15.3. The molecule has 0 atom stereocenters. The van der Waals surface area contributed by atoms with Crippen LogP contribution in [0.4, 0.5) is 17.1 Å². The van der Waals surface area contributed by atoms with E-state index in [1.165, 1.54) is 18.2 Å². The first-order valence-electron chi connectivity index (χ1n) is 8.91. The van der Waals surface area contributed by atoms with Crippen LogP contribution in [0.25, 0.3) is 0 Å².